The van der Waals surface area contributed by atoms with E-state index in [1.54, 1.807) is 38.3 Å². The first-order valence-corrected chi connectivity index (χ1v) is 8.07. The summed E-state index contributed by atoms with van der Waals surface area (Å²) in [4.78, 5) is 26.4. The quantitative estimate of drug-likeness (QED) is 0.823. The molecule has 1 aromatic rings. The molecule has 1 unspecified atom stereocenters. The van der Waals surface area contributed by atoms with Crippen LogP contribution in [0, 0.1) is 0 Å². The van der Waals surface area contributed by atoms with E-state index < -0.39 is 11.6 Å². The molecule has 25 heavy (non-hydrogen) atoms. The molecule has 0 saturated carbocycles. The third-order valence-corrected chi connectivity index (χ3v) is 4.75. The number of methoxy groups -OCH3 is 2. The van der Waals surface area contributed by atoms with Crippen molar-refractivity contribution >= 4 is 17.3 Å². The third-order valence-electron chi connectivity index (χ3n) is 4.75. The average molecular weight is 339 g/mol. The summed E-state index contributed by atoms with van der Waals surface area (Å²) < 4.78 is 10.8. The molecule has 1 heterocycles. The zero-order valence-electron chi connectivity index (χ0n) is 14.6. The van der Waals surface area contributed by atoms with Crippen LogP contribution >= 0.6 is 0 Å². The minimum absolute atomic E-state index is 0.0903. The molecule has 5 heteroatoms. The van der Waals surface area contributed by atoms with Crippen molar-refractivity contribution in [3.63, 3.8) is 0 Å². The Balaban J connectivity index is 2.27. The summed E-state index contributed by atoms with van der Waals surface area (Å²) in [6.45, 7) is 0.268. The molecule has 1 aliphatic heterocycles. The predicted octanol–water partition coefficient (Wildman–Crippen LogP) is 2.01. The number of carbonyl (C=O) groups is 2. The average Bonchev–Trinajstić information content (AvgIpc) is 2.85. The summed E-state index contributed by atoms with van der Waals surface area (Å²) in [6, 6.07) is 9.70. The van der Waals surface area contributed by atoms with Crippen molar-refractivity contribution in [2.24, 2.45) is 0 Å². The summed E-state index contributed by atoms with van der Waals surface area (Å²) in [7, 11) is 4.88. The van der Waals surface area contributed by atoms with E-state index in [1.165, 1.54) is 12.2 Å². The molecular formula is C20H21NO4. The predicted molar refractivity (Wildman–Crippen MR) is 94.8 cm³/mol. The van der Waals surface area contributed by atoms with Gasteiger partial charge < -0.3 is 14.4 Å². The van der Waals surface area contributed by atoms with Crippen molar-refractivity contribution in [2.45, 2.75) is 11.6 Å². The highest BCUT2D eigenvalue weighted by molar-refractivity contribution is 6.13. The zero-order chi connectivity index (χ0) is 18.0. The number of allylic oxidation sites excluding steroid dienone is 2. The van der Waals surface area contributed by atoms with Crippen LogP contribution in [0.15, 0.2) is 60.2 Å². The van der Waals surface area contributed by atoms with Gasteiger partial charge in [-0.1, -0.05) is 30.3 Å². The minimum Gasteiger partial charge on any atom is -0.382 e. The van der Waals surface area contributed by atoms with Crippen LogP contribution in [0.3, 0.4) is 0 Å². The molecule has 2 aliphatic rings. The number of amides is 1. The van der Waals surface area contributed by atoms with Crippen molar-refractivity contribution in [3.8, 4) is 0 Å². The number of nitrogens with zero attached hydrogens (tertiary/aromatic N) is 1. The molecule has 0 N–H and O–H groups in total. The van der Waals surface area contributed by atoms with Gasteiger partial charge in [-0.15, -0.1) is 0 Å². The van der Waals surface area contributed by atoms with Gasteiger partial charge in [0.1, 0.15) is 11.6 Å². The highest BCUT2D eigenvalue weighted by Crippen LogP contribution is 2.45. The first-order chi connectivity index (χ1) is 12.0. The molecule has 0 saturated heterocycles. The van der Waals surface area contributed by atoms with Gasteiger partial charge in [-0.3, -0.25) is 9.59 Å². The Morgan fingerprint density at radius 2 is 1.72 bits per heavy atom. The van der Waals surface area contributed by atoms with E-state index in [-0.39, 0.29) is 18.3 Å². The summed E-state index contributed by atoms with van der Waals surface area (Å²) >= 11 is 0. The monoisotopic (exact) mass is 339 g/mol. The molecule has 1 aliphatic carbocycles. The Hall–Kier alpha value is -2.50. The number of carbonyl (C=O) groups excluding carboxylic acids is 2. The Morgan fingerprint density at radius 3 is 2.28 bits per heavy atom. The fourth-order valence-corrected chi connectivity index (χ4v) is 3.47. The summed E-state index contributed by atoms with van der Waals surface area (Å²) in [5.41, 5.74) is 1.50. The van der Waals surface area contributed by atoms with E-state index in [1.807, 2.05) is 30.3 Å². The molecule has 3 rings (SSSR count). The Bertz CT molecular complexity index is 760. The van der Waals surface area contributed by atoms with Gasteiger partial charge >= 0.3 is 0 Å². The lowest BCUT2D eigenvalue weighted by Gasteiger charge is -2.35. The highest BCUT2D eigenvalue weighted by atomic mass is 16.5. The van der Waals surface area contributed by atoms with Crippen LogP contribution in [0.2, 0.25) is 0 Å². The lowest BCUT2D eigenvalue weighted by atomic mass is 9.80. The molecule has 0 bridgehead atoms. The van der Waals surface area contributed by atoms with E-state index in [9.17, 15) is 9.59 Å². The van der Waals surface area contributed by atoms with Gasteiger partial charge in [0.15, 0.2) is 5.78 Å². The molecule has 1 spiro atoms. The van der Waals surface area contributed by atoms with Crippen LogP contribution in [-0.2, 0) is 19.1 Å². The molecule has 1 atom stereocenters. The fourth-order valence-electron chi connectivity index (χ4n) is 3.47. The van der Waals surface area contributed by atoms with Crippen molar-refractivity contribution in [2.75, 3.05) is 27.9 Å². The third kappa shape index (κ3) is 2.75. The molecule has 0 aromatic heterocycles. The topological polar surface area (TPSA) is 55.8 Å². The summed E-state index contributed by atoms with van der Waals surface area (Å²) in [6.07, 6.45) is 6.08. The van der Waals surface area contributed by atoms with Gasteiger partial charge in [0, 0.05) is 26.8 Å². The van der Waals surface area contributed by atoms with Crippen LogP contribution in [0.4, 0.5) is 0 Å². The SMILES string of the molecule is COCC(OC)C1=C(c2ccccc2)C2(C=CC(=O)C=C2)N(C)C1=O. The minimum atomic E-state index is -0.799. The van der Waals surface area contributed by atoms with Gasteiger partial charge in [0.05, 0.1) is 12.2 Å². The second-order valence-corrected chi connectivity index (χ2v) is 6.09. The number of benzene rings is 1. The number of hydrogen-bond donors (Lipinski definition) is 0. The number of ether oxygens (including phenoxy) is 2. The van der Waals surface area contributed by atoms with Crippen LogP contribution in [-0.4, -0.2) is 56.1 Å². The normalized spacial score (nSPS) is 20.0. The van der Waals surface area contributed by atoms with Crippen molar-refractivity contribution < 1.29 is 19.1 Å². The van der Waals surface area contributed by atoms with Gasteiger partial charge in [-0.25, -0.2) is 0 Å². The lowest BCUT2D eigenvalue weighted by Crippen LogP contribution is -2.43. The van der Waals surface area contributed by atoms with Gasteiger partial charge in [-0.05, 0) is 29.9 Å². The molecule has 1 amide bonds. The van der Waals surface area contributed by atoms with E-state index >= 15 is 0 Å². The van der Waals surface area contributed by atoms with Gasteiger partial charge in [-0.2, -0.15) is 0 Å². The molecule has 130 valence electrons. The van der Waals surface area contributed by atoms with E-state index in [0.29, 0.717) is 5.57 Å². The maximum Gasteiger partial charge on any atom is 0.253 e. The maximum absolute atomic E-state index is 13.1. The fraction of sp³-hybridized carbons (Fsp3) is 0.300. The summed E-state index contributed by atoms with van der Waals surface area (Å²) in [5.74, 6) is -0.223. The number of hydrogen-bond acceptors (Lipinski definition) is 4. The van der Waals surface area contributed by atoms with Crippen LogP contribution in [0.5, 0.6) is 0 Å². The number of rotatable bonds is 5. The van der Waals surface area contributed by atoms with Crippen LogP contribution < -0.4 is 0 Å². The first kappa shape index (κ1) is 17.3. The first-order valence-electron chi connectivity index (χ1n) is 8.07. The zero-order valence-corrected chi connectivity index (χ0v) is 14.6. The molecule has 5 nitrogen and oxygen atoms in total. The standard InChI is InChI=1S/C20H21NO4/c1-21-19(23)17(16(25-3)13-24-2)18(14-7-5-4-6-8-14)20(21)11-9-15(22)10-12-20/h4-12,16H,13H2,1-3H3. The van der Waals surface area contributed by atoms with E-state index in [0.717, 1.165) is 11.1 Å². The Labute approximate surface area is 147 Å². The Morgan fingerprint density at radius 1 is 1.08 bits per heavy atom. The van der Waals surface area contributed by atoms with Crippen LogP contribution in [0.25, 0.3) is 5.57 Å². The molecular weight excluding hydrogens is 318 g/mol. The van der Waals surface area contributed by atoms with E-state index in [4.69, 9.17) is 9.47 Å². The van der Waals surface area contributed by atoms with Gasteiger partial charge in [0.25, 0.3) is 5.91 Å². The largest absolute Gasteiger partial charge is 0.382 e. The second-order valence-electron chi connectivity index (χ2n) is 6.09. The highest BCUT2D eigenvalue weighted by Gasteiger charge is 2.49. The van der Waals surface area contributed by atoms with Crippen molar-refractivity contribution in [1.29, 1.82) is 0 Å². The lowest BCUT2D eigenvalue weighted by molar-refractivity contribution is -0.127. The molecule has 1 aromatic carbocycles. The number of ketones is 1. The maximum atomic E-state index is 13.1. The molecule has 0 radical (unpaired) electrons. The summed E-state index contributed by atoms with van der Waals surface area (Å²) in [5, 5.41) is 0. The second kappa shape index (κ2) is 6.78. The van der Waals surface area contributed by atoms with E-state index in [2.05, 4.69) is 0 Å². The van der Waals surface area contributed by atoms with Crippen molar-refractivity contribution in [1.82, 2.24) is 4.90 Å². The van der Waals surface area contributed by atoms with Gasteiger partial charge in [0.2, 0.25) is 0 Å². The Kier molecular flexibility index (Phi) is 4.70. The van der Waals surface area contributed by atoms with Crippen molar-refractivity contribution in [3.05, 3.63) is 65.8 Å². The molecule has 0 fully saturated rings. The van der Waals surface area contributed by atoms with Crippen LogP contribution in [0.1, 0.15) is 5.56 Å². The smallest absolute Gasteiger partial charge is 0.253 e. The number of likely N-dealkylation sites (N-methyl/N-ethyl adjacent to an activating group) is 1.